The monoisotopic (exact) mass is 278 g/mol. The molecule has 0 fully saturated rings. The van der Waals surface area contributed by atoms with Crippen LogP contribution in [0.4, 0.5) is 13.2 Å². The van der Waals surface area contributed by atoms with Crippen LogP contribution in [0.25, 0.3) is 0 Å². The Morgan fingerprint density at radius 3 is 2.13 bits per heavy atom. The van der Waals surface area contributed by atoms with E-state index in [9.17, 15) is 13.2 Å². The molecule has 0 amide bonds. The average Bonchev–Trinajstić information content (AvgIpc) is 2.07. The summed E-state index contributed by atoms with van der Waals surface area (Å²) in [4.78, 5) is 0. The second kappa shape index (κ2) is 4.28. The highest BCUT2D eigenvalue weighted by Gasteiger charge is 2.33. The summed E-state index contributed by atoms with van der Waals surface area (Å²) in [6.45, 7) is 1.46. The van der Waals surface area contributed by atoms with Gasteiger partial charge >= 0.3 is 6.36 Å². The van der Waals surface area contributed by atoms with E-state index in [1.807, 2.05) is 0 Å². The number of hydrogen-bond donors (Lipinski definition) is 0. The van der Waals surface area contributed by atoms with Crippen molar-refractivity contribution in [1.29, 1.82) is 0 Å². The predicted molar refractivity (Wildman–Crippen MR) is 52.9 cm³/mol. The van der Waals surface area contributed by atoms with Gasteiger partial charge in [0.25, 0.3) is 0 Å². The molecule has 1 aromatic rings. The van der Waals surface area contributed by atoms with Crippen molar-refractivity contribution in [2.45, 2.75) is 13.3 Å². The lowest BCUT2D eigenvalue weighted by molar-refractivity contribution is -0.274. The van der Waals surface area contributed by atoms with E-state index in [2.05, 4.69) is 4.74 Å². The van der Waals surface area contributed by atoms with Gasteiger partial charge < -0.3 is 4.74 Å². The molecule has 0 atom stereocenters. The highest BCUT2D eigenvalue weighted by Crippen LogP contribution is 2.41. The minimum atomic E-state index is -4.84. The van der Waals surface area contributed by atoms with Crippen molar-refractivity contribution in [3.63, 3.8) is 0 Å². The van der Waals surface area contributed by atoms with Gasteiger partial charge in [0, 0.05) is 5.02 Å². The third-order valence-electron chi connectivity index (χ3n) is 1.57. The molecule has 15 heavy (non-hydrogen) atoms. The molecule has 0 saturated carbocycles. The zero-order chi connectivity index (χ0) is 11.8. The Morgan fingerprint density at radius 2 is 1.67 bits per heavy atom. The molecule has 0 aliphatic rings. The molecule has 0 unspecified atom stereocenters. The molecule has 0 N–H and O–H groups in total. The van der Waals surface area contributed by atoms with Crippen molar-refractivity contribution in [3.8, 4) is 5.75 Å². The van der Waals surface area contributed by atoms with Crippen molar-refractivity contribution in [3.05, 3.63) is 26.7 Å². The molecule has 0 heterocycles. The molecule has 0 bridgehead atoms. The highest BCUT2D eigenvalue weighted by atomic mass is 35.5. The molecule has 0 radical (unpaired) electrons. The second-order valence-corrected chi connectivity index (χ2v) is 3.85. The van der Waals surface area contributed by atoms with Crippen LogP contribution in [0.1, 0.15) is 5.56 Å². The van der Waals surface area contributed by atoms with Gasteiger partial charge in [-0.05, 0) is 18.6 Å². The Morgan fingerprint density at radius 1 is 1.13 bits per heavy atom. The molecule has 0 saturated heterocycles. The van der Waals surface area contributed by atoms with Crippen molar-refractivity contribution >= 4 is 34.8 Å². The summed E-state index contributed by atoms with van der Waals surface area (Å²) in [6.07, 6.45) is -4.84. The summed E-state index contributed by atoms with van der Waals surface area (Å²) in [6, 6.07) is 1.14. The summed E-state index contributed by atoms with van der Waals surface area (Å²) in [5, 5.41) is -0.350. The lowest BCUT2D eigenvalue weighted by atomic mass is 10.2. The third kappa shape index (κ3) is 3.06. The first-order chi connectivity index (χ1) is 6.72. The SMILES string of the molecule is Cc1c(Cl)cc(Cl)c(OC(F)(F)F)c1Cl. The van der Waals surface area contributed by atoms with Crippen molar-refractivity contribution < 1.29 is 17.9 Å². The zero-order valence-corrected chi connectivity index (χ0v) is 9.52. The minimum absolute atomic E-state index is 0.180. The van der Waals surface area contributed by atoms with Crippen LogP contribution in [0.2, 0.25) is 15.1 Å². The minimum Gasteiger partial charge on any atom is -0.403 e. The van der Waals surface area contributed by atoms with Crippen LogP contribution in [0.3, 0.4) is 0 Å². The third-order valence-corrected chi connectivity index (χ3v) is 2.70. The molecule has 7 heteroatoms. The number of hydrogen-bond acceptors (Lipinski definition) is 1. The molecule has 0 aliphatic heterocycles. The maximum absolute atomic E-state index is 12.0. The number of rotatable bonds is 1. The van der Waals surface area contributed by atoms with Crippen LogP contribution in [0.5, 0.6) is 5.75 Å². The van der Waals surface area contributed by atoms with Gasteiger partial charge in [-0.3, -0.25) is 0 Å². The molecule has 0 spiro atoms. The van der Waals surface area contributed by atoms with Gasteiger partial charge in [-0.15, -0.1) is 13.2 Å². The first-order valence-corrected chi connectivity index (χ1v) is 4.75. The van der Waals surface area contributed by atoms with E-state index in [0.717, 1.165) is 6.07 Å². The van der Waals surface area contributed by atoms with Gasteiger partial charge in [-0.1, -0.05) is 34.8 Å². The first kappa shape index (κ1) is 12.7. The largest absolute Gasteiger partial charge is 0.573 e. The van der Waals surface area contributed by atoms with Crippen LogP contribution in [-0.2, 0) is 0 Å². The van der Waals surface area contributed by atoms with Gasteiger partial charge in [-0.25, -0.2) is 0 Å². The Kier molecular flexibility index (Phi) is 3.63. The summed E-state index contributed by atoms with van der Waals surface area (Å²) >= 11 is 16.8. The van der Waals surface area contributed by atoms with Crippen LogP contribution in [0.15, 0.2) is 6.07 Å². The van der Waals surface area contributed by atoms with Crippen molar-refractivity contribution in [2.24, 2.45) is 0 Å². The fourth-order valence-electron chi connectivity index (χ4n) is 0.874. The lowest BCUT2D eigenvalue weighted by Gasteiger charge is -2.13. The smallest absolute Gasteiger partial charge is 0.403 e. The lowest BCUT2D eigenvalue weighted by Crippen LogP contribution is -2.17. The molecule has 0 aromatic heterocycles. The van der Waals surface area contributed by atoms with Crippen LogP contribution < -0.4 is 4.74 Å². The van der Waals surface area contributed by atoms with Gasteiger partial charge in [0.05, 0.1) is 10.0 Å². The molecular formula is C8H4Cl3F3O. The number of ether oxygens (including phenoxy) is 1. The normalized spacial score (nSPS) is 11.7. The predicted octanol–water partition coefficient (Wildman–Crippen LogP) is 4.85. The molecule has 1 aromatic carbocycles. The first-order valence-electron chi connectivity index (χ1n) is 3.62. The van der Waals surface area contributed by atoms with E-state index in [-0.39, 0.29) is 20.6 Å². The van der Waals surface area contributed by atoms with Gasteiger partial charge in [0.15, 0.2) is 5.75 Å². The quantitative estimate of drug-likeness (QED) is 0.714. The number of benzene rings is 1. The van der Waals surface area contributed by atoms with Gasteiger partial charge in [0.1, 0.15) is 0 Å². The van der Waals surface area contributed by atoms with Crippen LogP contribution >= 0.6 is 34.8 Å². The number of alkyl halides is 3. The summed E-state index contributed by atoms with van der Waals surface area (Å²) < 4.78 is 39.6. The van der Waals surface area contributed by atoms with E-state index in [4.69, 9.17) is 34.8 Å². The van der Waals surface area contributed by atoms with Crippen LogP contribution in [-0.4, -0.2) is 6.36 Å². The van der Waals surface area contributed by atoms with Gasteiger partial charge in [0.2, 0.25) is 0 Å². The van der Waals surface area contributed by atoms with Crippen LogP contribution in [0, 0.1) is 6.92 Å². The Balaban J connectivity index is 3.24. The van der Waals surface area contributed by atoms with E-state index in [1.165, 1.54) is 6.92 Å². The van der Waals surface area contributed by atoms with E-state index >= 15 is 0 Å². The summed E-state index contributed by atoms with van der Waals surface area (Å²) in [5.41, 5.74) is 0.280. The summed E-state index contributed by atoms with van der Waals surface area (Å²) in [5.74, 6) is -0.632. The fourth-order valence-corrected chi connectivity index (χ4v) is 1.71. The van der Waals surface area contributed by atoms with E-state index < -0.39 is 12.1 Å². The van der Waals surface area contributed by atoms with E-state index in [1.54, 1.807) is 0 Å². The second-order valence-electron chi connectivity index (χ2n) is 2.66. The molecular weight excluding hydrogens is 275 g/mol. The Bertz CT molecular complexity index is 390. The molecule has 1 rings (SSSR count). The maximum atomic E-state index is 12.0. The topological polar surface area (TPSA) is 9.23 Å². The Hall–Kier alpha value is -0.320. The molecule has 0 aliphatic carbocycles. The summed E-state index contributed by atoms with van der Waals surface area (Å²) in [7, 11) is 0. The van der Waals surface area contributed by atoms with Crippen molar-refractivity contribution in [1.82, 2.24) is 0 Å². The van der Waals surface area contributed by atoms with E-state index in [0.29, 0.717) is 0 Å². The van der Waals surface area contributed by atoms with Gasteiger partial charge in [-0.2, -0.15) is 0 Å². The molecule has 84 valence electrons. The fraction of sp³-hybridized carbons (Fsp3) is 0.250. The number of halogens is 6. The standard InChI is InChI=1S/C8H4Cl3F3O/c1-3-4(9)2-5(10)7(6(3)11)15-8(12,13)14/h2H,1H3. The average molecular weight is 279 g/mol. The zero-order valence-electron chi connectivity index (χ0n) is 7.25. The maximum Gasteiger partial charge on any atom is 0.573 e. The highest BCUT2D eigenvalue weighted by molar-refractivity contribution is 6.41. The van der Waals surface area contributed by atoms with Crippen molar-refractivity contribution in [2.75, 3.05) is 0 Å². The molecule has 1 nitrogen and oxygen atoms in total. The Labute approximate surface area is 98.7 Å².